The number of hydrogen-bond donors (Lipinski definition) is 1. The number of carbonyl (C=O) groups is 1. The van der Waals surface area contributed by atoms with E-state index in [-0.39, 0.29) is 24.1 Å². The van der Waals surface area contributed by atoms with E-state index in [1.54, 1.807) is 0 Å². The fourth-order valence-electron chi connectivity index (χ4n) is 5.22. The number of piperazine rings is 1. The molecule has 0 unspecified atom stereocenters. The molecule has 0 saturated carbocycles. The van der Waals surface area contributed by atoms with Crippen LogP contribution in [-0.4, -0.2) is 77.2 Å². The van der Waals surface area contributed by atoms with Gasteiger partial charge in [-0.1, -0.05) is 20.8 Å². The Morgan fingerprint density at radius 3 is 2.08 bits per heavy atom. The van der Waals surface area contributed by atoms with Crippen LogP contribution >= 0.6 is 0 Å². The minimum absolute atomic E-state index is 0.0724. The van der Waals surface area contributed by atoms with Crippen LogP contribution in [-0.2, 0) is 6.18 Å². The van der Waals surface area contributed by atoms with Crippen molar-refractivity contribution in [2.45, 2.75) is 85.0 Å². The number of halogens is 3. The van der Waals surface area contributed by atoms with Crippen molar-refractivity contribution in [2.24, 2.45) is 11.3 Å². The van der Waals surface area contributed by atoms with Gasteiger partial charge in [-0.25, -0.2) is 14.8 Å². The highest BCUT2D eigenvalue weighted by atomic mass is 19.4. The number of alkyl halides is 3. The first-order valence-electron chi connectivity index (χ1n) is 13.3. The van der Waals surface area contributed by atoms with Gasteiger partial charge in [-0.05, 0) is 76.9 Å². The van der Waals surface area contributed by atoms with E-state index in [1.807, 2.05) is 23.6 Å². The highest BCUT2D eigenvalue weighted by molar-refractivity contribution is 5.75. The van der Waals surface area contributed by atoms with E-state index in [9.17, 15) is 18.0 Å². The quantitative estimate of drug-likeness (QED) is 0.599. The maximum atomic E-state index is 13.1. The summed E-state index contributed by atoms with van der Waals surface area (Å²) in [5, 5.41) is 3.16. The maximum Gasteiger partial charge on any atom is 0.419 e. The fraction of sp³-hybridized carbons (Fsp3) is 0.808. The third-order valence-corrected chi connectivity index (χ3v) is 7.30. The van der Waals surface area contributed by atoms with Gasteiger partial charge in [0.2, 0.25) is 5.95 Å². The van der Waals surface area contributed by atoms with Gasteiger partial charge >= 0.3 is 12.2 Å². The van der Waals surface area contributed by atoms with E-state index in [0.29, 0.717) is 31.0 Å². The Morgan fingerprint density at radius 2 is 1.58 bits per heavy atom. The van der Waals surface area contributed by atoms with Gasteiger partial charge in [-0.3, -0.25) is 0 Å². The zero-order valence-corrected chi connectivity index (χ0v) is 22.4. The summed E-state index contributed by atoms with van der Waals surface area (Å²) in [4.78, 5) is 27.2. The van der Waals surface area contributed by atoms with Crippen LogP contribution in [0.5, 0.6) is 0 Å². The highest BCUT2D eigenvalue weighted by Crippen LogP contribution is 2.29. The van der Waals surface area contributed by atoms with E-state index in [4.69, 9.17) is 0 Å². The van der Waals surface area contributed by atoms with Crippen LogP contribution in [0.1, 0.15) is 72.3 Å². The van der Waals surface area contributed by atoms with Gasteiger partial charge in [-0.15, -0.1) is 0 Å². The van der Waals surface area contributed by atoms with Gasteiger partial charge in [0.25, 0.3) is 0 Å². The molecule has 2 amide bonds. The lowest BCUT2D eigenvalue weighted by atomic mass is 9.91. The molecule has 2 atom stereocenters. The zero-order chi connectivity index (χ0) is 26.5. The molecule has 2 aliphatic rings. The topological polar surface area (TPSA) is 64.6 Å². The summed E-state index contributed by atoms with van der Waals surface area (Å²) < 4.78 is 38.4. The Bertz CT molecular complexity index is 820. The second-order valence-electron chi connectivity index (χ2n) is 11.8. The van der Waals surface area contributed by atoms with Crippen molar-refractivity contribution in [3.63, 3.8) is 0 Å². The van der Waals surface area contributed by atoms with Crippen LogP contribution in [0.4, 0.5) is 23.9 Å². The molecule has 1 aromatic rings. The lowest BCUT2D eigenvalue weighted by Gasteiger charge is -2.44. The summed E-state index contributed by atoms with van der Waals surface area (Å²) >= 11 is 0. The lowest BCUT2D eigenvalue weighted by molar-refractivity contribution is -0.138. The number of aromatic nitrogens is 2. The largest absolute Gasteiger partial charge is 0.419 e. The number of urea groups is 1. The van der Waals surface area contributed by atoms with Crippen molar-refractivity contribution in [3.05, 3.63) is 18.0 Å². The maximum absolute atomic E-state index is 13.1. The van der Waals surface area contributed by atoms with Gasteiger partial charge in [-0.2, -0.15) is 13.2 Å². The number of carbonyl (C=O) groups excluding carboxylic acids is 1. The Hall–Kier alpha value is -2.10. The highest BCUT2D eigenvalue weighted by Gasteiger charge is 2.35. The molecular weight excluding hydrogens is 469 g/mol. The number of anilines is 1. The van der Waals surface area contributed by atoms with Crippen molar-refractivity contribution < 1.29 is 18.0 Å². The molecule has 2 saturated heterocycles. The van der Waals surface area contributed by atoms with Crippen LogP contribution in [0.2, 0.25) is 0 Å². The van der Waals surface area contributed by atoms with Crippen LogP contribution in [0.15, 0.2) is 12.4 Å². The fourth-order valence-corrected chi connectivity index (χ4v) is 5.22. The minimum atomic E-state index is -4.46. The summed E-state index contributed by atoms with van der Waals surface area (Å²) in [6.45, 7) is 15.8. The Morgan fingerprint density at radius 1 is 1.03 bits per heavy atom. The molecule has 0 bridgehead atoms. The molecule has 0 spiro atoms. The van der Waals surface area contributed by atoms with Gasteiger partial charge in [0.05, 0.1) is 5.56 Å². The molecule has 2 fully saturated rings. The molecule has 36 heavy (non-hydrogen) atoms. The lowest BCUT2D eigenvalue weighted by Crippen LogP contribution is -2.61. The summed E-state index contributed by atoms with van der Waals surface area (Å²) in [6, 6.07) is -0.307. The Balaban J connectivity index is 1.46. The number of likely N-dealkylation sites (tertiary alicyclic amines) is 1. The van der Waals surface area contributed by atoms with Crippen LogP contribution in [0, 0.1) is 11.3 Å². The summed E-state index contributed by atoms with van der Waals surface area (Å²) in [5.74, 6) is 0.749. The van der Waals surface area contributed by atoms with Gasteiger partial charge in [0.1, 0.15) is 0 Å². The van der Waals surface area contributed by atoms with E-state index in [1.165, 1.54) is 6.42 Å². The molecule has 3 rings (SSSR count). The van der Waals surface area contributed by atoms with E-state index >= 15 is 0 Å². The molecule has 2 aliphatic heterocycles. The molecule has 7 nitrogen and oxygen atoms in total. The van der Waals surface area contributed by atoms with Gasteiger partial charge < -0.3 is 20.0 Å². The predicted molar refractivity (Wildman–Crippen MR) is 136 cm³/mol. The molecule has 3 heterocycles. The molecule has 1 N–H and O–H groups in total. The number of nitrogens with one attached hydrogen (secondary N) is 1. The molecule has 10 heteroatoms. The van der Waals surface area contributed by atoms with Crippen LogP contribution < -0.4 is 10.2 Å². The van der Waals surface area contributed by atoms with Gasteiger partial charge in [0, 0.05) is 44.1 Å². The minimum Gasteiger partial charge on any atom is -0.338 e. The zero-order valence-electron chi connectivity index (χ0n) is 22.4. The first-order chi connectivity index (χ1) is 16.8. The van der Waals surface area contributed by atoms with Crippen molar-refractivity contribution >= 4 is 12.0 Å². The molecule has 0 aliphatic carbocycles. The summed E-state index contributed by atoms with van der Waals surface area (Å²) in [7, 11) is 0. The summed E-state index contributed by atoms with van der Waals surface area (Å²) in [5.41, 5.74) is -0.503. The van der Waals surface area contributed by atoms with E-state index in [0.717, 1.165) is 57.7 Å². The molecule has 0 aromatic carbocycles. The average molecular weight is 513 g/mol. The van der Waals surface area contributed by atoms with Crippen molar-refractivity contribution in [1.82, 2.24) is 25.1 Å². The first kappa shape index (κ1) is 28.5. The Labute approximate surface area is 213 Å². The SMILES string of the molecule is C[C@@H]1CN(c2ncc(C(F)(F)F)cn2)C[C@H](C)N1C(=O)NCC1CCCN(CCC(C)(C)C)CCC1. The molecular formula is C26H43F3N6O. The number of amides is 2. The second kappa shape index (κ2) is 12.0. The third-order valence-electron chi connectivity index (χ3n) is 7.30. The normalized spacial score (nSPS) is 23.3. The van der Waals surface area contributed by atoms with Crippen molar-refractivity contribution in [1.29, 1.82) is 0 Å². The first-order valence-corrected chi connectivity index (χ1v) is 13.3. The Kier molecular flexibility index (Phi) is 9.46. The monoisotopic (exact) mass is 512 g/mol. The smallest absolute Gasteiger partial charge is 0.338 e. The predicted octanol–water partition coefficient (Wildman–Crippen LogP) is 5.03. The molecule has 0 radical (unpaired) electrons. The van der Waals surface area contributed by atoms with Crippen molar-refractivity contribution in [3.8, 4) is 0 Å². The average Bonchev–Trinajstić information content (AvgIpc) is 2.76. The van der Waals surface area contributed by atoms with Crippen molar-refractivity contribution in [2.75, 3.05) is 44.2 Å². The number of hydrogen-bond acceptors (Lipinski definition) is 5. The third kappa shape index (κ3) is 8.21. The number of nitrogens with zero attached hydrogens (tertiary/aromatic N) is 5. The van der Waals surface area contributed by atoms with Gasteiger partial charge in [0.15, 0.2) is 0 Å². The van der Waals surface area contributed by atoms with E-state index in [2.05, 4.69) is 41.0 Å². The van der Waals surface area contributed by atoms with Crippen LogP contribution in [0.3, 0.4) is 0 Å². The number of rotatable bonds is 5. The molecule has 1 aromatic heterocycles. The van der Waals surface area contributed by atoms with Crippen LogP contribution in [0.25, 0.3) is 0 Å². The summed E-state index contributed by atoms with van der Waals surface area (Å²) in [6.07, 6.45) is 2.93. The molecule has 204 valence electrons. The standard InChI is InChI=1S/C26H43F3N6O/c1-19-17-34(23-30-15-22(16-31-23)26(27,28)29)18-20(2)35(19)24(36)32-14-21-8-6-11-33(12-7-9-21)13-10-25(3,4)5/h15-16,19-21H,6-14,17-18H2,1-5H3,(H,32,36)/t19-,20+. The van der Waals surface area contributed by atoms with E-state index < -0.39 is 11.7 Å². The second-order valence-corrected chi connectivity index (χ2v) is 11.8.